The third-order valence-corrected chi connectivity index (χ3v) is 8.42. The van der Waals surface area contributed by atoms with Crippen LogP contribution in [0.15, 0.2) is 41.1 Å². The van der Waals surface area contributed by atoms with Crippen molar-refractivity contribution in [2.75, 3.05) is 32.6 Å². The van der Waals surface area contributed by atoms with Crippen LogP contribution in [0.1, 0.15) is 52.0 Å². The lowest BCUT2D eigenvalue weighted by Crippen LogP contribution is -2.64. The Balaban J connectivity index is 1.69. The molecule has 3 aliphatic heterocycles. The minimum Gasteiger partial charge on any atom is -0.497 e. The van der Waals surface area contributed by atoms with Gasteiger partial charge in [-0.15, -0.1) is 0 Å². The predicted molar refractivity (Wildman–Crippen MR) is 129 cm³/mol. The van der Waals surface area contributed by atoms with Crippen molar-refractivity contribution in [2.24, 2.45) is 5.41 Å². The van der Waals surface area contributed by atoms with Crippen molar-refractivity contribution in [1.29, 1.82) is 0 Å². The quantitative estimate of drug-likeness (QED) is 0.520. The number of piperidine rings is 1. The van der Waals surface area contributed by atoms with Crippen molar-refractivity contribution >= 4 is 17.6 Å². The standard InChI is InChI=1S/C27H34N2O5/c1-16(2)13-22(30)34-17(3)26-9-6-11-29-12-10-27(25(26)29)20-8-7-18(32-4)14-21(20)28-23(27)19(15-26)24(31)33-5/h7-8,13-14,17,25,28H,6,9-12,15H2,1-5H3/t17-,25-,26-,27-/m0/s1. The van der Waals surface area contributed by atoms with Gasteiger partial charge in [0.05, 0.1) is 25.2 Å². The highest BCUT2D eigenvalue weighted by Crippen LogP contribution is 2.65. The fourth-order valence-corrected chi connectivity index (χ4v) is 7.18. The highest BCUT2D eigenvalue weighted by Gasteiger charge is 2.68. The molecule has 2 saturated heterocycles. The summed E-state index contributed by atoms with van der Waals surface area (Å²) in [7, 11) is 3.10. The zero-order valence-electron chi connectivity index (χ0n) is 20.7. The fourth-order valence-electron chi connectivity index (χ4n) is 7.18. The van der Waals surface area contributed by atoms with Crippen molar-refractivity contribution < 1.29 is 23.8 Å². The second kappa shape index (κ2) is 8.15. The van der Waals surface area contributed by atoms with Gasteiger partial charge < -0.3 is 19.5 Å². The van der Waals surface area contributed by atoms with Crippen LogP contribution in [0.25, 0.3) is 0 Å². The monoisotopic (exact) mass is 466 g/mol. The van der Waals surface area contributed by atoms with E-state index in [-0.39, 0.29) is 29.5 Å². The van der Waals surface area contributed by atoms with Gasteiger partial charge in [0.15, 0.2) is 0 Å². The van der Waals surface area contributed by atoms with E-state index in [1.165, 1.54) is 12.7 Å². The Hall–Kier alpha value is -2.80. The maximum Gasteiger partial charge on any atom is 0.335 e. The molecular formula is C27H34N2O5. The number of nitrogens with zero attached hydrogens (tertiary/aromatic N) is 1. The number of hydrogen-bond donors (Lipinski definition) is 1. The molecule has 0 aromatic heterocycles. The molecule has 3 heterocycles. The number of benzene rings is 1. The maximum absolute atomic E-state index is 13.2. The number of carbonyl (C=O) groups excluding carboxylic acids is 2. The van der Waals surface area contributed by atoms with Gasteiger partial charge in [0, 0.05) is 35.0 Å². The minimum absolute atomic E-state index is 0.119. The first-order valence-electron chi connectivity index (χ1n) is 12.1. The molecule has 7 heteroatoms. The van der Waals surface area contributed by atoms with Crippen molar-refractivity contribution in [1.82, 2.24) is 4.90 Å². The molecule has 0 saturated carbocycles. The van der Waals surface area contributed by atoms with Gasteiger partial charge >= 0.3 is 11.9 Å². The summed E-state index contributed by atoms with van der Waals surface area (Å²) in [6, 6.07) is 6.26. The average Bonchev–Trinajstić information content (AvgIpc) is 3.37. The number of rotatable bonds is 5. The van der Waals surface area contributed by atoms with E-state index in [0.29, 0.717) is 12.0 Å². The van der Waals surface area contributed by atoms with Gasteiger partial charge in [-0.3, -0.25) is 4.90 Å². The molecule has 0 amide bonds. The lowest BCUT2D eigenvalue weighted by molar-refractivity contribution is -0.158. The van der Waals surface area contributed by atoms with E-state index in [9.17, 15) is 9.59 Å². The third kappa shape index (κ3) is 3.13. The number of esters is 2. The molecule has 0 bridgehead atoms. The summed E-state index contributed by atoms with van der Waals surface area (Å²) in [5, 5.41) is 3.61. The van der Waals surface area contributed by atoms with Crippen molar-refractivity contribution in [2.45, 2.75) is 64.0 Å². The van der Waals surface area contributed by atoms with Crippen LogP contribution in [-0.4, -0.2) is 56.3 Å². The zero-order chi connectivity index (χ0) is 24.3. The Kier molecular flexibility index (Phi) is 5.51. The van der Waals surface area contributed by atoms with E-state index in [1.807, 2.05) is 32.9 Å². The van der Waals surface area contributed by atoms with Crippen LogP contribution in [0, 0.1) is 5.41 Å². The van der Waals surface area contributed by atoms with E-state index >= 15 is 0 Å². The number of hydrogen-bond acceptors (Lipinski definition) is 7. The number of fused-ring (bicyclic) bond motifs is 1. The third-order valence-electron chi connectivity index (χ3n) is 8.42. The van der Waals surface area contributed by atoms with Crippen LogP contribution < -0.4 is 10.1 Å². The summed E-state index contributed by atoms with van der Waals surface area (Å²) < 4.78 is 16.8. The summed E-state index contributed by atoms with van der Waals surface area (Å²) in [5.41, 5.74) is 3.93. The molecule has 34 heavy (non-hydrogen) atoms. The molecule has 1 N–H and O–H groups in total. The largest absolute Gasteiger partial charge is 0.497 e. The lowest BCUT2D eigenvalue weighted by Gasteiger charge is -2.57. The first kappa shape index (κ1) is 23.0. The van der Waals surface area contributed by atoms with Gasteiger partial charge in [0.1, 0.15) is 11.9 Å². The van der Waals surface area contributed by atoms with E-state index in [1.54, 1.807) is 13.2 Å². The molecule has 1 aliphatic carbocycles. The van der Waals surface area contributed by atoms with Crippen molar-refractivity contribution in [3.05, 3.63) is 46.7 Å². The van der Waals surface area contributed by atoms with Crippen LogP contribution in [-0.2, 0) is 24.5 Å². The molecule has 0 radical (unpaired) electrons. The Morgan fingerprint density at radius 3 is 2.71 bits per heavy atom. The molecule has 1 aromatic rings. The molecule has 0 unspecified atom stereocenters. The first-order valence-corrected chi connectivity index (χ1v) is 12.1. The van der Waals surface area contributed by atoms with Gasteiger partial charge in [-0.2, -0.15) is 0 Å². The maximum atomic E-state index is 13.2. The number of methoxy groups -OCH3 is 2. The summed E-state index contributed by atoms with van der Waals surface area (Å²) in [4.78, 5) is 28.4. The van der Waals surface area contributed by atoms with Gasteiger partial charge in [-0.25, -0.2) is 9.59 Å². The van der Waals surface area contributed by atoms with Crippen LogP contribution in [0.5, 0.6) is 5.75 Å². The van der Waals surface area contributed by atoms with Gasteiger partial charge in [-0.05, 0) is 71.2 Å². The van der Waals surface area contributed by atoms with Crippen LogP contribution >= 0.6 is 0 Å². The minimum atomic E-state index is -0.393. The van der Waals surface area contributed by atoms with Crippen molar-refractivity contribution in [3.8, 4) is 5.75 Å². The van der Waals surface area contributed by atoms with Gasteiger partial charge in [0.2, 0.25) is 0 Å². The molecule has 5 rings (SSSR count). The second-order valence-electron chi connectivity index (χ2n) is 10.4. The molecular weight excluding hydrogens is 432 g/mol. The van der Waals surface area contributed by atoms with Crippen LogP contribution in [0.4, 0.5) is 5.69 Å². The molecule has 2 fully saturated rings. The first-order chi connectivity index (χ1) is 16.3. The topological polar surface area (TPSA) is 77.1 Å². The molecule has 1 spiro atoms. The highest BCUT2D eigenvalue weighted by molar-refractivity contribution is 5.93. The summed E-state index contributed by atoms with van der Waals surface area (Å²) >= 11 is 0. The number of allylic oxidation sites excluding steroid dienone is 1. The van der Waals surface area contributed by atoms with Crippen LogP contribution in [0.3, 0.4) is 0 Å². The van der Waals surface area contributed by atoms with Crippen molar-refractivity contribution in [3.63, 3.8) is 0 Å². The molecule has 4 atom stereocenters. The average molecular weight is 467 g/mol. The van der Waals surface area contributed by atoms with E-state index in [4.69, 9.17) is 14.2 Å². The predicted octanol–water partition coefficient (Wildman–Crippen LogP) is 3.94. The smallest absolute Gasteiger partial charge is 0.335 e. The SMILES string of the molecule is COC(=O)C1=C2Nc3cc(OC)ccc3[C@@]23CCN2CCC[C@@]([C@H](C)OC(=O)C=C(C)C)(C1)[C@H]23. The fraction of sp³-hybridized carbons (Fsp3) is 0.556. The molecule has 1 aromatic carbocycles. The summed E-state index contributed by atoms with van der Waals surface area (Å²) in [6.07, 6.45) is 4.49. The second-order valence-corrected chi connectivity index (χ2v) is 10.4. The Morgan fingerprint density at radius 1 is 1.21 bits per heavy atom. The normalized spacial score (nSPS) is 29.9. The number of nitrogens with one attached hydrogen (secondary N) is 1. The van der Waals surface area contributed by atoms with E-state index in [0.717, 1.165) is 55.1 Å². The lowest BCUT2D eigenvalue weighted by atomic mass is 9.53. The van der Waals surface area contributed by atoms with Crippen LogP contribution in [0.2, 0.25) is 0 Å². The highest BCUT2D eigenvalue weighted by atomic mass is 16.5. The number of ether oxygens (including phenoxy) is 3. The Labute approximate surface area is 201 Å². The molecule has 7 nitrogen and oxygen atoms in total. The Bertz CT molecular complexity index is 1100. The van der Waals surface area contributed by atoms with Gasteiger partial charge in [-0.1, -0.05) is 11.6 Å². The summed E-state index contributed by atoms with van der Waals surface area (Å²) in [6.45, 7) is 7.72. The molecule has 182 valence electrons. The van der Waals surface area contributed by atoms with E-state index < -0.39 is 5.41 Å². The molecule has 4 aliphatic rings. The van der Waals surface area contributed by atoms with Gasteiger partial charge in [0.25, 0.3) is 0 Å². The summed E-state index contributed by atoms with van der Waals surface area (Å²) in [5.74, 6) is 0.136. The Morgan fingerprint density at radius 2 is 2.00 bits per heavy atom. The van der Waals surface area contributed by atoms with E-state index in [2.05, 4.69) is 16.3 Å². The number of carbonyl (C=O) groups is 2. The number of anilines is 1. The zero-order valence-corrected chi connectivity index (χ0v) is 20.7.